The van der Waals surface area contributed by atoms with Gasteiger partial charge < -0.3 is 15.6 Å². The molecule has 9 heteroatoms. The Labute approximate surface area is 149 Å². The number of aromatic nitrogens is 3. The number of benzene rings is 1. The van der Waals surface area contributed by atoms with Crippen LogP contribution in [0.3, 0.4) is 0 Å². The number of rotatable bonds is 8. The van der Waals surface area contributed by atoms with E-state index in [1.54, 1.807) is 30.7 Å². The molecule has 1 aromatic carbocycles. The van der Waals surface area contributed by atoms with Crippen LogP contribution < -0.4 is 11.1 Å². The van der Waals surface area contributed by atoms with Crippen LogP contribution in [-0.4, -0.2) is 31.8 Å². The number of thioether (sulfide) groups is 1. The molecule has 134 valence electrons. The van der Waals surface area contributed by atoms with E-state index in [4.69, 9.17) is 5.73 Å². The van der Waals surface area contributed by atoms with Crippen LogP contribution in [0.4, 0.5) is 4.39 Å². The minimum Gasteiger partial charge on any atom is -0.370 e. The summed E-state index contributed by atoms with van der Waals surface area (Å²) in [7, 11) is 1.78. The average molecular weight is 365 g/mol. The third kappa shape index (κ3) is 5.56. The third-order valence-corrected chi connectivity index (χ3v) is 4.69. The summed E-state index contributed by atoms with van der Waals surface area (Å²) in [5.41, 5.74) is 5.95. The van der Waals surface area contributed by atoms with Gasteiger partial charge in [0.2, 0.25) is 11.8 Å². The first kappa shape index (κ1) is 18.9. The predicted molar refractivity (Wildman–Crippen MR) is 92.1 cm³/mol. The van der Waals surface area contributed by atoms with Gasteiger partial charge in [-0.05, 0) is 24.6 Å². The van der Waals surface area contributed by atoms with E-state index in [9.17, 15) is 14.0 Å². The van der Waals surface area contributed by atoms with Crippen molar-refractivity contribution in [3.63, 3.8) is 0 Å². The van der Waals surface area contributed by atoms with Gasteiger partial charge in [-0.15, -0.1) is 10.2 Å². The Hall–Kier alpha value is -2.42. The molecule has 0 unspecified atom stereocenters. The molecular weight excluding hydrogens is 345 g/mol. The minimum atomic E-state index is -0.397. The number of halogens is 1. The molecule has 1 heterocycles. The zero-order valence-corrected chi connectivity index (χ0v) is 14.8. The van der Waals surface area contributed by atoms with Crippen molar-refractivity contribution in [3.8, 4) is 0 Å². The third-order valence-electron chi connectivity index (χ3n) is 3.55. The van der Waals surface area contributed by atoms with Gasteiger partial charge in [0.25, 0.3) is 0 Å². The SMILES string of the molecule is C[C@@H](Sc1nnc(CCC(N)=O)n1C)C(=O)NCc1ccc(F)cc1. The molecule has 0 saturated carbocycles. The van der Waals surface area contributed by atoms with Crippen molar-refractivity contribution >= 4 is 23.6 Å². The number of nitrogens with two attached hydrogens (primary N) is 1. The van der Waals surface area contributed by atoms with Crippen LogP contribution in [-0.2, 0) is 29.6 Å². The van der Waals surface area contributed by atoms with Crippen LogP contribution in [0.25, 0.3) is 0 Å². The molecule has 0 spiro atoms. The molecule has 0 aliphatic heterocycles. The molecule has 0 bridgehead atoms. The fourth-order valence-electron chi connectivity index (χ4n) is 2.05. The second kappa shape index (κ2) is 8.61. The van der Waals surface area contributed by atoms with Crippen molar-refractivity contribution in [2.24, 2.45) is 12.8 Å². The molecule has 0 aliphatic rings. The van der Waals surface area contributed by atoms with Gasteiger partial charge in [0.1, 0.15) is 11.6 Å². The number of aryl methyl sites for hydroxylation is 1. The molecule has 2 aromatic rings. The molecule has 0 saturated heterocycles. The first-order valence-corrected chi connectivity index (χ1v) is 8.60. The smallest absolute Gasteiger partial charge is 0.233 e. The lowest BCUT2D eigenvalue weighted by atomic mass is 10.2. The lowest BCUT2D eigenvalue weighted by Crippen LogP contribution is -2.30. The highest BCUT2D eigenvalue weighted by Gasteiger charge is 2.18. The topological polar surface area (TPSA) is 103 Å². The van der Waals surface area contributed by atoms with Crippen LogP contribution in [0, 0.1) is 5.82 Å². The van der Waals surface area contributed by atoms with Crippen molar-refractivity contribution in [3.05, 3.63) is 41.5 Å². The summed E-state index contributed by atoms with van der Waals surface area (Å²) in [6, 6.07) is 5.96. The Balaban J connectivity index is 1.88. The minimum absolute atomic E-state index is 0.156. The van der Waals surface area contributed by atoms with E-state index in [0.717, 1.165) is 5.56 Å². The highest BCUT2D eigenvalue weighted by atomic mass is 32.2. The monoisotopic (exact) mass is 365 g/mol. The van der Waals surface area contributed by atoms with Gasteiger partial charge in [-0.3, -0.25) is 9.59 Å². The standard InChI is InChI=1S/C16H20FN5O2S/c1-10(15(24)19-9-11-3-5-12(17)6-4-11)25-16-21-20-14(22(16)2)8-7-13(18)23/h3-6,10H,7-9H2,1-2H3,(H2,18,23)(H,19,24)/t10-/m1/s1. The number of carbonyl (C=O) groups excluding carboxylic acids is 2. The van der Waals surface area contributed by atoms with Gasteiger partial charge in [0.15, 0.2) is 5.16 Å². The lowest BCUT2D eigenvalue weighted by Gasteiger charge is -2.11. The zero-order valence-electron chi connectivity index (χ0n) is 14.0. The van der Waals surface area contributed by atoms with Crippen LogP contribution in [0.2, 0.25) is 0 Å². The molecular formula is C16H20FN5O2S. The Bertz CT molecular complexity index is 747. The highest BCUT2D eigenvalue weighted by Crippen LogP contribution is 2.22. The Morgan fingerprint density at radius 1 is 1.32 bits per heavy atom. The quantitative estimate of drug-likeness (QED) is 0.684. The molecule has 2 amide bonds. The fraction of sp³-hybridized carbons (Fsp3) is 0.375. The Kier molecular flexibility index (Phi) is 6.51. The summed E-state index contributed by atoms with van der Waals surface area (Å²) in [6.07, 6.45) is 0.606. The highest BCUT2D eigenvalue weighted by molar-refractivity contribution is 8.00. The van der Waals surface area contributed by atoms with Crippen molar-refractivity contribution in [1.82, 2.24) is 20.1 Å². The molecule has 0 aliphatic carbocycles. The Morgan fingerprint density at radius 2 is 2.00 bits per heavy atom. The number of primary amides is 1. The molecule has 1 aromatic heterocycles. The van der Waals surface area contributed by atoms with Crippen LogP contribution in [0.5, 0.6) is 0 Å². The largest absolute Gasteiger partial charge is 0.370 e. The van der Waals surface area contributed by atoms with Crippen molar-refractivity contribution < 1.29 is 14.0 Å². The number of nitrogens with zero attached hydrogens (tertiary/aromatic N) is 3. The van der Waals surface area contributed by atoms with Crippen LogP contribution >= 0.6 is 11.8 Å². The molecule has 0 fully saturated rings. The van der Waals surface area contributed by atoms with E-state index in [2.05, 4.69) is 15.5 Å². The van der Waals surface area contributed by atoms with E-state index >= 15 is 0 Å². The second-order valence-corrected chi connectivity index (χ2v) is 6.84. The maximum absolute atomic E-state index is 12.9. The first-order chi connectivity index (χ1) is 11.9. The van der Waals surface area contributed by atoms with Crippen LogP contribution in [0.1, 0.15) is 24.7 Å². The van der Waals surface area contributed by atoms with Gasteiger partial charge in [-0.1, -0.05) is 23.9 Å². The molecule has 7 nitrogen and oxygen atoms in total. The normalized spacial score (nSPS) is 12.0. The summed E-state index contributed by atoms with van der Waals surface area (Å²) in [6.45, 7) is 2.09. The lowest BCUT2D eigenvalue weighted by molar-refractivity contribution is -0.120. The predicted octanol–water partition coefficient (Wildman–Crippen LogP) is 1.17. The number of hydrogen-bond donors (Lipinski definition) is 2. The maximum Gasteiger partial charge on any atom is 0.233 e. The second-order valence-electron chi connectivity index (χ2n) is 5.53. The van der Waals surface area contributed by atoms with Gasteiger partial charge in [0, 0.05) is 26.4 Å². The van der Waals surface area contributed by atoms with Gasteiger partial charge >= 0.3 is 0 Å². The van der Waals surface area contributed by atoms with Crippen molar-refractivity contribution in [2.45, 2.75) is 36.7 Å². The van der Waals surface area contributed by atoms with Gasteiger partial charge in [-0.25, -0.2) is 4.39 Å². The summed E-state index contributed by atoms with van der Waals surface area (Å²) in [5.74, 6) is -0.226. The molecule has 3 N–H and O–H groups in total. The average Bonchev–Trinajstić information content (AvgIpc) is 2.92. The van der Waals surface area contributed by atoms with Crippen LogP contribution in [0.15, 0.2) is 29.4 Å². The Morgan fingerprint density at radius 3 is 2.64 bits per heavy atom. The maximum atomic E-state index is 12.9. The fourth-order valence-corrected chi connectivity index (χ4v) is 2.91. The molecule has 2 rings (SSSR count). The summed E-state index contributed by atoms with van der Waals surface area (Å²) < 4.78 is 14.6. The van der Waals surface area contributed by atoms with Gasteiger partial charge in [-0.2, -0.15) is 0 Å². The number of hydrogen-bond acceptors (Lipinski definition) is 5. The molecule has 25 heavy (non-hydrogen) atoms. The summed E-state index contributed by atoms with van der Waals surface area (Å²) in [4.78, 5) is 23.0. The summed E-state index contributed by atoms with van der Waals surface area (Å²) >= 11 is 1.27. The van der Waals surface area contributed by atoms with E-state index in [0.29, 0.717) is 23.9 Å². The van der Waals surface area contributed by atoms with E-state index in [-0.39, 0.29) is 23.4 Å². The van der Waals surface area contributed by atoms with Crippen molar-refractivity contribution in [2.75, 3.05) is 0 Å². The molecule has 1 atom stereocenters. The summed E-state index contributed by atoms with van der Waals surface area (Å²) in [5, 5.41) is 11.1. The number of nitrogens with one attached hydrogen (secondary N) is 1. The van der Waals surface area contributed by atoms with E-state index in [1.165, 1.54) is 23.9 Å². The zero-order chi connectivity index (χ0) is 18.4. The molecule has 0 radical (unpaired) electrons. The van der Waals surface area contributed by atoms with E-state index in [1.807, 2.05) is 0 Å². The first-order valence-electron chi connectivity index (χ1n) is 7.72. The van der Waals surface area contributed by atoms with Gasteiger partial charge in [0.05, 0.1) is 5.25 Å². The van der Waals surface area contributed by atoms with Crippen molar-refractivity contribution in [1.29, 1.82) is 0 Å². The number of carbonyl (C=O) groups is 2. The number of amides is 2. The van der Waals surface area contributed by atoms with E-state index < -0.39 is 5.91 Å².